The molecule has 0 aliphatic carbocycles. The third-order valence-electron chi connectivity index (χ3n) is 6.39. The summed E-state index contributed by atoms with van der Waals surface area (Å²) < 4.78 is 17.2. The van der Waals surface area contributed by atoms with E-state index in [4.69, 9.17) is 22.3 Å². The number of imidazole rings is 1. The Morgan fingerprint density at radius 3 is 2.82 bits per heavy atom. The minimum atomic E-state index is -1.07. The van der Waals surface area contributed by atoms with Crippen LogP contribution in [0.15, 0.2) is 41.2 Å². The number of halogens is 2. The number of aromatic carboxylic acids is 1. The molecule has 176 valence electrons. The van der Waals surface area contributed by atoms with Gasteiger partial charge in [-0.3, -0.25) is 4.79 Å². The summed E-state index contributed by atoms with van der Waals surface area (Å²) in [5.74, 6) is -0.984. The summed E-state index contributed by atoms with van der Waals surface area (Å²) in [6, 6.07) is 8.66. The first kappa shape index (κ1) is 22.4. The van der Waals surface area contributed by atoms with Crippen molar-refractivity contribution in [1.29, 1.82) is 0 Å². The number of fused-ring (bicyclic) bond motifs is 3. The number of carbonyl (C=O) groups is 1. The molecule has 34 heavy (non-hydrogen) atoms. The maximum Gasteiger partial charge on any atom is 0.335 e. The summed E-state index contributed by atoms with van der Waals surface area (Å²) in [5.41, 5.74) is 7.78. The Labute approximate surface area is 199 Å². The van der Waals surface area contributed by atoms with Crippen molar-refractivity contribution in [3.63, 3.8) is 0 Å². The maximum atomic E-state index is 14.0. The van der Waals surface area contributed by atoms with Gasteiger partial charge in [0.15, 0.2) is 0 Å². The summed E-state index contributed by atoms with van der Waals surface area (Å²) >= 11 is 6.36. The lowest BCUT2D eigenvalue weighted by Crippen LogP contribution is -2.44. The van der Waals surface area contributed by atoms with Crippen LogP contribution >= 0.6 is 11.6 Å². The molecule has 2 aromatic heterocycles. The maximum absolute atomic E-state index is 14.0. The molecule has 0 unspecified atom stereocenters. The topological polar surface area (TPSA) is 106 Å². The van der Waals surface area contributed by atoms with Gasteiger partial charge in [-0.05, 0) is 54.8 Å². The summed E-state index contributed by atoms with van der Waals surface area (Å²) in [4.78, 5) is 32.0. The lowest BCUT2D eigenvalue weighted by molar-refractivity contribution is 0.0697. The Bertz CT molecular complexity index is 1510. The molecule has 4 aromatic rings. The van der Waals surface area contributed by atoms with E-state index in [1.54, 1.807) is 17.7 Å². The summed E-state index contributed by atoms with van der Waals surface area (Å²) in [7, 11) is 1.63. The molecular formula is C24H23ClFN5O3. The van der Waals surface area contributed by atoms with Crippen molar-refractivity contribution in [2.24, 2.45) is 12.8 Å². The second kappa shape index (κ2) is 8.41. The van der Waals surface area contributed by atoms with Gasteiger partial charge in [0.05, 0.1) is 17.6 Å². The van der Waals surface area contributed by atoms with Crippen LogP contribution in [-0.2, 0) is 13.6 Å². The van der Waals surface area contributed by atoms with E-state index in [9.17, 15) is 19.1 Å². The third-order valence-corrected chi connectivity index (χ3v) is 6.76. The van der Waals surface area contributed by atoms with Crippen molar-refractivity contribution in [2.45, 2.75) is 25.4 Å². The molecule has 3 N–H and O–H groups in total. The molecule has 3 heterocycles. The predicted molar refractivity (Wildman–Crippen MR) is 129 cm³/mol. The molecule has 1 aliphatic rings. The zero-order valence-electron chi connectivity index (χ0n) is 18.5. The molecule has 0 amide bonds. The fraction of sp³-hybridized carbons (Fsp3) is 0.292. The minimum absolute atomic E-state index is 0.0436. The quantitative estimate of drug-likeness (QED) is 0.461. The monoisotopic (exact) mass is 483 g/mol. The van der Waals surface area contributed by atoms with Crippen molar-refractivity contribution in [3.05, 3.63) is 68.7 Å². The van der Waals surface area contributed by atoms with E-state index in [1.807, 2.05) is 4.90 Å². The number of carboxylic acid groups (broad SMARTS) is 1. The highest BCUT2D eigenvalue weighted by Crippen LogP contribution is 2.31. The summed E-state index contributed by atoms with van der Waals surface area (Å²) in [5, 5.41) is 10.4. The van der Waals surface area contributed by atoms with Gasteiger partial charge in [-0.15, -0.1) is 0 Å². The zero-order valence-corrected chi connectivity index (χ0v) is 19.2. The molecule has 1 fully saturated rings. The fourth-order valence-corrected chi connectivity index (χ4v) is 4.86. The number of pyridine rings is 1. The van der Waals surface area contributed by atoms with Gasteiger partial charge >= 0.3 is 5.97 Å². The Morgan fingerprint density at radius 2 is 2.09 bits per heavy atom. The number of nitrogens with zero attached hydrogens (tertiary/aromatic N) is 4. The highest BCUT2D eigenvalue weighted by atomic mass is 35.5. The number of hydrogen-bond donors (Lipinski definition) is 2. The van der Waals surface area contributed by atoms with Crippen LogP contribution in [-0.4, -0.2) is 44.3 Å². The van der Waals surface area contributed by atoms with E-state index in [0.717, 1.165) is 12.8 Å². The number of piperidine rings is 1. The van der Waals surface area contributed by atoms with E-state index in [0.29, 0.717) is 51.6 Å². The highest BCUT2D eigenvalue weighted by molar-refractivity contribution is 6.31. The van der Waals surface area contributed by atoms with E-state index in [2.05, 4.69) is 0 Å². The van der Waals surface area contributed by atoms with Crippen LogP contribution in [0, 0.1) is 5.82 Å². The molecule has 1 aliphatic heterocycles. The molecule has 10 heteroatoms. The molecule has 0 spiro atoms. The lowest BCUT2D eigenvalue weighted by Gasteiger charge is -2.32. The first-order chi connectivity index (χ1) is 16.2. The minimum Gasteiger partial charge on any atom is -0.478 e. The Kier molecular flexibility index (Phi) is 5.53. The van der Waals surface area contributed by atoms with Crippen LogP contribution < -0.4 is 16.2 Å². The molecule has 1 saturated heterocycles. The second-order valence-corrected chi connectivity index (χ2v) is 9.09. The number of carboxylic acids is 1. The molecule has 1 atom stereocenters. The van der Waals surface area contributed by atoms with Crippen molar-refractivity contribution >= 4 is 45.5 Å². The van der Waals surface area contributed by atoms with E-state index in [1.165, 1.54) is 34.9 Å². The number of aromatic nitrogens is 3. The molecule has 2 aromatic carbocycles. The third kappa shape index (κ3) is 3.70. The highest BCUT2D eigenvalue weighted by Gasteiger charge is 2.26. The van der Waals surface area contributed by atoms with Gasteiger partial charge in [0, 0.05) is 36.6 Å². The molecule has 0 radical (unpaired) electrons. The van der Waals surface area contributed by atoms with Gasteiger partial charge in [0.25, 0.3) is 5.56 Å². The van der Waals surface area contributed by atoms with Gasteiger partial charge in [0.2, 0.25) is 5.95 Å². The SMILES string of the molecule is Cn1c(=O)c2c(nc(N3CCC[C@@H](N)C3)n2Cc2cc(F)ccc2Cl)c2cc(C(=O)O)ccc21. The van der Waals surface area contributed by atoms with Gasteiger partial charge < -0.3 is 24.9 Å². The van der Waals surface area contributed by atoms with Crippen LogP contribution in [0.1, 0.15) is 28.8 Å². The zero-order chi connectivity index (χ0) is 24.1. The first-order valence-corrected chi connectivity index (χ1v) is 11.3. The van der Waals surface area contributed by atoms with Crippen LogP contribution in [0.4, 0.5) is 10.3 Å². The van der Waals surface area contributed by atoms with Crippen molar-refractivity contribution in [2.75, 3.05) is 18.0 Å². The van der Waals surface area contributed by atoms with Gasteiger partial charge in [-0.25, -0.2) is 14.2 Å². The van der Waals surface area contributed by atoms with Crippen LogP contribution in [0.5, 0.6) is 0 Å². The average molecular weight is 484 g/mol. The van der Waals surface area contributed by atoms with Crippen molar-refractivity contribution in [3.8, 4) is 0 Å². The Hall–Kier alpha value is -3.43. The summed E-state index contributed by atoms with van der Waals surface area (Å²) in [6.45, 7) is 1.37. The van der Waals surface area contributed by atoms with Crippen LogP contribution in [0.3, 0.4) is 0 Å². The van der Waals surface area contributed by atoms with Gasteiger partial charge in [-0.2, -0.15) is 0 Å². The van der Waals surface area contributed by atoms with Gasteiger partial charge in [0.1, 0.15) is 16.9 Å². The van der Waals surface area contributed by atoms with Crippen molar-refractivity contribution < 1.29 is 14.3 Å². The molecule has 8 nitrogen and oxygen atoms in total. The average Bonchev–Trinajstić information content (AvgIpc) is 3.19. The first-order valence-electron chi connectivity index (χ1n) is 11.0. The second-order valence-electron chi connectivity index (χ2n) is 8.68. The van der Waals surface area contributed by atoms with E-state index < -0.39 is 11.8 Å². The summed E-state index contributed by atoms with van der Waals surface area (Å²) in [6.07, 6.45) is 1.76. The fourth-order valence-electron chi connectivity index (χ4n) is 4.68. The van der Waals surface area contributed by atoms with Gasteiger partial charge in [-0.1, -0.05) is 11.6 Å². The number of aryl methyl sites for hydroxylation is 1. The van der Waals surface area contributed by atoms with E-state index in [-0.39, 0.29) is 23.7 Å². The normalized spacial score (nSPS) is 16.5. The molecule has 0 saturated carbocycles. The largest absolute Gasteiger partial charge is 0.478 e. The number of rotatable bonds is 4. The van der Waals surface area contributed by atoms with Crippen LogP contribution in [0.2, 0.25) is 5.02 Å². The number of hydrogen-bond acceptors (Lipinski definition) is 5. The van der Waals surface area contributed by atoms with Crippen molar-refractivity contribution in [1.82, 2.24) is 14.1 Å². The predicted octanol–water partition coefficient (Wildman–Crippen LogP) is 3.35. The molecular weight excluding hydrogens is 461 g/mol. The van der Waals surface area contributed by atoms with E-state index >= 15 is 0 Å². The smallest absolute Gasteiger partial charge is 0.335 e. The standard InChI is InChI=1S/C24H23ClFN5O3/c1-29-19-7-4-13(23(33)34)10-17(19)20-21(22(29)32)31(11-14-9-15(26)5-6-18(14)25)24(28-20)30-8-2-3-16(27)12-30/h4-7,9-10,16H,2-3,8,11-12,27H2,1H3,(H,33,34)/t16-/m1/s1. The Morgan fingerprint density at radius 1 is 1.29 bits per heavy atom. The number of anilines is 1. The number of benzene rings is 2. The number of nitrogens with two attached hydrogens (primary N) is 1. The van der Waals surface area contributed by atoms with Crippen LogP contribution in [0.25, 0.3) is 21.9 Å². The Balaban J connectivity index is 1.83. The molecule has 5 rings (SSSR count). The lowest BCUT2D eigenvalue weighted by atomic mass is 10.1. The molecule has 0 bridgehead atoms.